The highest BCUT2D eigenvalue weighted by Gasteiger charge is 2.25. The van der Waals surface area contributed by atoms with E-state index in [4.69, 9.17) is 0 Å². The number of rotatable bonds is 3. The molecule has 1 aliphatic rings. The average molecular weight is 322 g/mol. The summed E-state index contributed by atoms with van der Waals surface area (Å²) in [6.45, 7) is 6.50. The normalized spacial score (nSPS) is 17.4. The summed E-state index contributed by atoms with van der Waals surface area (Å²) in [7, 11) is 0. The lowest BCUT2D eigenvalue weighted by molar-refractivity contribution is 0.199. The van der Waals surface area contributed by atoms with E-state index in [1.165, 1.54) is 26.8 Å². The van der Waals surface area contributed by atoms with Gasteiger partial charge in [-0.05, 0) is 34.9 Å². The maximum absolute atomic E-state index is 3.47. The van der Waals surface area contributed by atoms with Crippen LogP contribution in [0.2, 0.25) is 0 Å². The van der Waals surface area contributed by atoms with E-state index in [1.54, 1.807) is 0 Å². The Kier molecular flexibility index (Phi) is 4.17. The molecule has 1 aliphatic heterocycles. The van der Waals surface area contributed by atoms with Crippen LogP contribution in [0, 0.1) is 6.92 Å². The van der Waals surface area contributed by atoms with Gasteiger partial charge in [-0.15, -0.1) is 11.3 Å². The summed E-state index contributed by atoms with van der Waals surface area (Å²) in [5.41, 5.74) is 4.18. The fraction of sp³-hybridized carbons (Fsp3) is 0.300. The van der Waals surface area contributed by atoms with E-state index in [2.05, 4.69) is 71.1 Å². The zero-order valence-electron chi connectivity index (χ0n) is 13.5. The van der Waals surface area contributed by atoms with Gasteiger partial charge in [0.05, 0.1) is 6.04 Å². The third-order valence-electron chi connectivity index (χ3n) is 4.72. The fourth-order valence-electron chi connectivity index (χ4n) is 3.49. The Bertz CT molecular complexity index is 785. The first-order valence-corrected chi connectivity index (χ1v) is 9.18. The summed E-state index contributed by atoms with van der Waals surface area (Å²) in [6.07, 6.45) is 0. The van der Waals surface area contributed by atoms with E-state index >= 15 is 0 Å². The summed E-state index contributed by atoms with van der Waals surface area (Å²) in [4.78, 5) is 2.62. The molecule has 118 valence electrons. The molecule has 0 radical (unpaired) electrons. The number of hydrogen-bond acceptors (Lipinski definition) is 3. The fourth-order valence-corrected chi connectivity index (χ4v) is 4.47. The molecule has 2 aromatic carbocycles. The molecule has 4 rings (SSSR count). The van der Waals surface area contributed by atoms with Crippen molar-refractivity contribution in [3.63, 3.8) is 0 Å². The second kappa shape index (κ2) is 6.44. The van der Waals surface area contributed by atoms with E-state index in [0.29, 0.717) is 6.04 Å². The second-order valence-electron chi connectivity index (χ2n) is 6.29. The standard InChI is InChI=1S/C20H22N2S/c1-15-6-8-16(9-7-15)20(22-12-10-21-11-13-22)18-14-23-19-5-3-2-4-17(18)19/h2-9,14,20-21H,10-13H2,1H3. The molecule has 0 amide bonds. The van der Waals surface area contributed by atoms with Gasteiger partial charge in [0, 0.05) is 30.9 Å². The lowest BCUT2D eigenvalue weighted by Crippen LogP contribution is -2.45. The zero-order valence-corrected chi connectivity index (χ0v) is 14.3. The molecule has 3 aromatic rings. The summed E-state index contributed by atoms with van der Waals surface area (Å²) >= 11 is 1.86. The Labute approximate surface area is 141 Å². The van der Waals surface area contributed by atoms with Crippen molar-refractivity contribution in [2.24, 2.45) is 0 Å². The lowest BCUT2D eigenvalue weighted by Gasteiger charge is -2.35. The second-order valence-corrected chi connectivity index (χ2v) is 7.20. The summed E-state index contributed by atoms with van der Waals surface area (Å²) in [6, 6.07) is 18.2. The van der Waals surface area contributed by atoms with Gasteiger partial charge >= 0.3 is 0 Å². The topological polar surface area (TPSA) is 15.3 Å². The molecule has 1 fully saturated rings. The van der Waals surface area contributed by atoms with Gasteiger partial charge in [-0.25, -0.2) is 0 Å². The number of thiophene rings is 1. The van der Waals surface area contributed by atoms with Crippen LogP contribution in [0.1, 0.15) is 22.7 Å². The molecule has 23 heavy (non-hydrogen) atoms. The van der Waals surface area contributed by atoms with Crippen molar-refractivity contribution in [1.82, 2.24) is 10.2 Å². The number of hydrogen-bond donors (Lipinski definition) is 1. The summed E-state index contributed by atoms with van der Waals surface area (Å²) in [5, 5.41) is 7.24. The number of nitrogens with zero attached hydrogens (tertiary/aromatic N) is 1. The maximum atomic E-state index is 3.47. The van der Waals surface area contributed by atoms with E-state index in [0.717, 1.165) is 26.2 Å². The maximum Gasteiger partial charge on any atom is 0.0617 e. The number of aryl methyl sites for hydroxylation is 1. The number of piperazine rings is 1. The smallest absolute Gasteiger partial charge is 0.0617 e. The van der Waals surface area contributed by atoms with E-state index in [9.17, 15) is 0 Å². The minimum Gasteiger partial charge on any atom is -0.314 e. The number of benzene rings is 2. The Morgan fingerprint density at radius 1 is 1.00 bits per heavy atom. The highest BCUT2D eigenvalue weighted by molar-refractivity contribution is 7.17. The highest BCUT2D eigenvalue weighted by atomic mass is 32.1. The molecular weight excluding hydrogens is 300 g/mol. The number of nitrogens with one attached hydrogen (secondary N) is 1. The van der Waals surface area contributed by atoms with Crippen molar-refractivity contribution in [3.05, 3.63) is 70.6 Å². The van der Waals surface area contributed by atoms with Crippen LogP contribution in [0.3, 0.4) is 0 Å². The van der Waals surface area contributed by atoms with Crippen molar-refractivity contribution in [1.29, 1.82) is 0 Å². The first kappa shape index (κ1) is 14.9. The van der Waals surface area contributed by atoms with Gasteiger partial charge < -0.3 is 5.32 Å². The SMILES string of the molecule is Cc1ccc(C(c2csc3ccccc23)N2CCNCC2)cc1. The Morgan fingerprint density at radius 2 is 1.74 bits per heavy atom. The minimum atomic E-state index is 0.355. The van der Waals surface area contributed by atoms with Gasteiger partial charge in [-0.2, -0.15) is 0 Å². The predicted molar refractivity (Wildman–Crippen MR) is 99.3 cm³/mol. The molecule has 1 N–H and O–H groups in total. The van der Waals surface area contributed by atoms with E-state index in [1.807, 2.05) is 11.3 Å². The van der Waals surface area contributed by atoms with Crippen LogP contribution in [0.4, 0.5) is 0 Å². The molecular formula is C20H22N2S. The van der Waals surface area contributed by atoms with Crippen molar-refractivity contribution in [3.8, 4) is 0 Å². The minimum absolute atomic E-state index is 0.355. The number of fused-ring (bicyclic) bond motifs is 1. The first-order chi connectivity index (χ1) is 11.3. The van der Waals surface area contributed by atoms with Crippen LogP contribution in [0.5, 0.6) is 0 Å². The van der Waals surface area contributed by atoms with Crippen LogP contribution in [0.15, 0.2) is 53.9 Å². The molecule has 1 saturated heterocycles. The van der Waals surface area contributed by atoms with Crippen LogP contribution >= 0.6 is 11.3 Å². The van der Waals surface area contributed by atoms with Gasteiger partial charge in [0.2, 0.25) is 0 Å². The van der Waals surface area contributed by atoms with Crippen LogP contribution < -0.4 is 5.32 Å². The van der Waals surface area contributed by atoms with Gasteiger partial charge in [-0.3, -0.25) is 4.90 Å². The zero-order chi connectivity index (χ0) is 15.6. The van der Waals surface area contributed by atoms with Crippen LogP contribution in [-0.2, 0) is 0 Å². The highest BCUT2D eigenvalue weighted by Crippen LogP contribution is 2.37. The van der Waals surface area contributed by atoms with Crippen LogP contribution in [0.25, 0.3) is 10.1 Å². The van der Waals surface area contributed by atoms with Crippen molar-refractivity contribution in [2.45, 2.75) is 13.0 Å². The molecule has 0 aliphatic carbocycles. The Morgan fingerprint density at radius 3 is 2.52 bits per heavy atom. The van der Waals surface area contributed by atoms with Gasteiger partial charge in [0.15, 0.2) is 0 Å². The van der Waals surface area contributed by atoms with Gasteiger partial charge in [0.25, 0.3) is 0 Å². The quantitative estimate of drug-likeness (QED) is 0.777. The molecule has 1 unspecified atom stereocenters. The molecule has 1 aromatic heterocycles. The third-order valence-corrected chi connectivity index (χ3v) is 5.70. The summed E-state index contributed by atoms with van der Waals surface area (Å²) < 4.78 is 1.38. The van der Waals surface area contributed by atoms with Crippen molar-refractivity contribution < 1.29 is 0 Å². The summed E-state index contributed by atoms with van der Waals surface area (Å²) in [5.74, 6) is 0. The molecule has 3 heteroatoms. The van der Waals surface area contributed by atoms with Crippen molar-refractivity contribution in [2.75, 3.05) is 26.2 Å². The Hall–Kier alpha value is -1.68. The average Bonchev–Trinajstić information content (AvgIpc) is 3.02. The molecule has 1 atom stereocenters. The molecule has 0 bridgehead atoms. The monoisotopic (exact) mass is 322 g/mol. The third kappa shape index (κ3) is 2.92. The molecule has 0 saturated carbocycles. The van der Waals surface area contributed by atoms with Crippen LogP contribution in [-0.4, -0.2) is 31.1 Å². The van der Waals surface area contributed by atoms with Crippen molar-refractivity contribution >= 4 is 21.4 Å². The molecule has 2 nitrogen and oxygen atoms in total. The molecule has 2 heterocycles. The van der Waals surface area contributed by atoms with E-state index < -0.39 is 0 Å². The Balaban J connectivity index is 1.82. The van der Waals surface area contributed by atoms with Gasteiger partial charge in [-0.1, -0.05) is 48.0 Å². The predicted octanol–water partition coefficient (Wildman–Crippen LogP) is 4.20. The largest absolute Gasteiger partial charge is 0.314 e. The van der Waals surface area contributed by atoms with E-state index in [-0.39, 0.29) is 0 Å². The lowest BCUT2D eigenvalue weighted by atomic mass is 9.95. The molecule has 0 spiro atoms. The van der Waals surface area contributed by atoms with Gasteiger partial charge in [0.1, 0.15) is 0 Å². The first-order valence-electron chi connectivity index (χ1n) is 8.30.